The number of pyridine rings is 2. The third-order valence-corrected chi connectivity index (χ3v) is 6.64. The van der Waals surface area contributed by atoms with Gasteiger partial charge in [-0.15, -0.1) is 0 Å². The number of thiocarbonyl (C=S) groups is 1. The summed E-state index contributed by atoms with van der Waals surface area (Å²) in [6, 6.07) is 12.0. The van der Waals surface area contributed by atoms with Crippen molar-refractivity contribution >= 4 is 39.9 Å². The number of hydrogen-bond donors (Lipinski definition) is 2. The molecule has 4 rings (SSSR count). The molecule has 0 amide bonds. The van der Waals surface area contributed by atoms with Gasteiger partial charge in [-0.2, -0.15) is 0 Å². The molecule has 1 aliphatic heterocycles. The molecule has 7 heteroatoms. The van der Waals surface area contributed by atoms with Crippen molar-refractivity contribution in [1.82, 2.24) is 25.2 Å². The van der Waals surface area contributed by atoms with Crippen LogP contribution in [0.15, 0.2) is 48.8 Å². The fourth-order valence-electron chi connectivity index (χ4n) is 3.68. The molecule has 0 bridgehead atoms. The second kappa shape index (κ2) is 7.55. The monoisotopic (exact) mass is 489 g/mol. The van der Waals surface area contributed by atoms with E-state index in [1.165, 1.54) is 20.5 Å². The first kappa shape index (κ1) is 18.4. The molecule has 27 heavy (non-hydrogen) atoms. The molecule has 0 aromatic carbocycles. The molecule has 1 fully saturated rings. The Labute approximate surface area is 177 Å². The van der Waals surface area contributed by atoms with Crippen molar-refractivity contribution in [2.75, 3.05) is 0 Å². The molecule has 2 N–H and O–H groups in total. The number of aryl methyl sites for hydroxylation is 2. The molecule has 3 aromatic heterocycles. The fraction of sp³-hybridized carbons (Fsp3) is 0.250. The van der Waals surface area contributed by atoms with E-state index in [2.05, 4.69) is 67.7 Å². The van der Waals surface area contributed by atoms with Gasteiger partial charge in [-0.3, -0.25) is 9.97 Å². The van der Waals surface area contributed by atoms with Crippen molar-refractivity contribution < 1.29 is 0 Å². The lowest BCUT2D eigenvalue weighted by molar-refractivity contribution is 0.306. The van der Waals surface area contributed by atoms with Gasteiger partial charge in [-0.05, 0) is 72.9 Å². The van der Waals surface area contributed by atoms with Crippen LogP contribution in [0.2, 0.25) is 0 Å². The van der Waals surface area contributed by atoms with Gasteiger partial charge < -0.3 is 15.2 Å². The average Bonchev–Trinajstić information content (AvgIpc) is 3.12. The summed E-state index contributed by atoms with van der Waals surface area (Å²) < 4.78 is 1.24. The Kier molecular flexibility index (Phi) is 5.14. The summed E-state index contributed by atoms with van der Waals surface area (Å²) in [5.41, 5.74) is 5.60. The van der Waals surface area contributed by atoms with E-state index in [1.807, 2.05) is 42.7 Å². The van der Waals surface area contributed by atoms with Crippen molar-refractivity contribution in [3.8, 4) is 0 Å². The minimum atomic E-state index is -0.00942. The fourth-order valence-corrected chi connectivity index (χ4v) is 4.84. The molecule has 138 valence electrons. The van der Waals surface area contributed by atoms with Crippen molar-refractivity contribution in [2.45, 2.75) is 32.5 Å². The SMILES string of the molecule is Cc1[nH]c(C)c([C@@H]2[C@@H](c3ccccn3)NC(=S)N2Cc2ccccn2)c1I. The lowest BCUT2D eigenvalue weighted by Gasteiger charge is -2.28. The zero-order valence-corrected chi connectivity index (χ0v) is 18.1. The first-order valence-electron chi connectivity index (χ1n) is 8.79. The summed E-state index contributed by atoms with van der Waals surface area (Å²) in [6.45, 7) is 4.89. The molecular formula is C20H20IN5S. The lowest BCUT2D eigenvalue weighted by atomic mass is 9.96. The van der Waals surface area contributed by atoms with Crippen LogP contribution >= 0.6 is 34.8 Å². The van der Waals surface area contributed by atoms with E-state index in [-0.39, 0.29) is 12.1 Å². The quantitative estimate of drug-likeness (QED) is 0.425. The van der Waals surface area contributed by atoms with Gasteiger partial charge >= 0.3 is 0 Å². The Bertz CT molecular complexity index is 957. The van der Waals surface area contributed by atoms with Crippen LogP contribution in [0.1, 0.15) is 40.4 Å². The zero-order chi connectivity index (χ0) is 19.0. The number of aromatic nitrogens is 3. The zero-order valence-electron chi connectivity index (χ0n) is 15.1. The van der Waals surface area contributed by atoms with Gasteiger partial charge in [0.15, 0.2) is 5.11 Å². The van der Waals surface area contributed by atoms with Gasteiger partial charge in [0.05, 0.1) is 30.0 Å². The summed E-state index contributed by atoms with van der Waals surface area (Å²) in [6.07, 6.45) is 3.65. The molecule has 0 unspecified atom stereocenters. The molecule has 5 nitrogen and oxygen atoms in total. The van der Waals surface area contributed by atoms with Crippen molar-refractivity contribution in [2.24, 2.45) is 0 Å². The highest BCUT2D eigenvalue weighted by atomic mass is 127. The molecule has 1 saturated heterocycles. The predicted octanol–water partition coefficient (Wildman–Crippen LogP) is 4.20. The van der Waals surface area contributed by atoms with Gasteiger partial charge in [0.1, 0.15) is 0 Å². The summed E-state index contributed by atoms with van der Waals surface area (Å²) >= 11 is 8.16. The van der Waals surface area contributed by atoms with Crippen LogP contribution in [0.4, 0.5) is 0 Å². The topological polar surface area (TPSA) is 56.8 Å². The summed E-state index contributed by atoms with van der Waals surface area (Å²) in [4.78, 5) is 14.8. The highest BCUT2D eigenvalue weighted by molar-refractivity contribution is 14.1. The van der Waals surface area contributed by atoms with E-state index in [9.17, 15) is 0 Å². The van der Waals surface area contributed by atoms with Crippen LogP contribution in [0.25, 0.3) is 0 Å². The minimum Gasteiger partial charge on any atom is -0.362 e. The van der Waals surface area contributed by atoms with Crippen molar-refractivity contribution in [1.29, 1.82) is 0 Å². The van der Waals surface area contributed by atoms with Crippen LogP contribution in [-0.4, -0.2) is 25.0 Å². The maximum atomic E-state index is 5.73. The standard InChI is InChI=1S/C20H20IN5S/c1-12-16(17(21)13(2)24-12)19-18(15-8-4-6-10-23-15)25-20(27)26(19)11-14-7-3-5-9-22-14/h3-10,18-19,24H,11H2,1-2H3,(H,25,27)/t18-,19-/m1/s1. The highest BCUT2D eigenvalue weighted by Crippen LogP contribution is 2.42. The van der Waals surface area contributed by atoms with E-state index in [1.54, 1.807) is 0 Å². The first-order chi connectivity index (χ1) is 13.1. The predicted molar refractivity (Wildman–Crippen MR) is 118 cm³/mol. The van der Waals surface area contributed by atoms with Crippen LogP contribution in [0.3, 0.4) is 0 Å². The molecule has 0 spiro atoms. The van der Waals surface area contributed by atoms with Crippen LogP contribution in [-0.2, 0) is 6.54 Å². The Morgan fingerprint density at radius 2 is 1.81 bits per heavy atom. The van der Waals surface area contributed by atoms with Crippen molar-refractivity contribution in [3.05, 3.63) is 80.7 Å². The van der Waals surface area contributed by atoms with E-state index in [0.29, 0.717) is 6.54 Å². The van der Waals surface area contributed by atoms with Gasteiger partial charge in [0.25, 0.3) is 0 Å². The van der Waals surface area contributed by atoms with E-state index < -0.39 is 0 Å². The number of halogens is 1. The molecule has 0 radical (unpaired) electrons. The number of nitrogens with one attached hydrogen (secondary N) is 2. The third-order valence-electron chi connectivity index (χ3n) is 4.90. The molecule has 0 aliphatic carbocycles. The molecule has 0 saturated carbocycles. The van der Waals surface area contributed by atoms with Crippen molar-refractivity contribution in [3.63, 3.8) is 0 Å². The summed E-state index contributed by atoms with van der Waals surface area (Å²) in [5.74, 6) is 0. The van der Waals surface area contributed by atoms with Crippen LogP contribution < -0.4 is 5.32 Å². The van der Waals surface area contributed by atoms with Gasteiger partial charge in [0.2, 0.25) is 0 Å². The Morgan fingerprint density at radius 1 is 1.07 bits per heavy atom. The van der Waals surface area contributed by atoms with Gasteiger partial charge in [0, 0.05) is 32.9 Å². The maximum absolute atomic E-state index is 5.73. The van der Waals surface area contributed by atoms with Crippen LogP contribution in [0.5, 0.6) is 0 Å². The second-order valence-electron chi connectivity index (χ2n) is 6.68. The molecular weight excluding hydrogens is 469 g/mol. The molecule has 2 atom stereocenters. The van der Waals surface area contributed by atoms with Gasteiger partial charge in [-0.1, -0.05) is 12.1 Å². The molecule has 3 aromatic rings. The Balaban J connectivity index is 1.80. The van der Waals surface area contributed by atoms with Gasteiger partial charge in [-0.25, -0.2) is 0 Å². The highest BCUT2D eigenvalue weighted by Gasteiger charge is 2.42. The third kappa shape index (κ3) is 3.45. The Hall–Kier alpha value is -2.00. The number of hydrogen-bond acceptors (Lipinski definition) is 3. The number of H-pyrrole nitrogens is 1. The maximum Gasteiger partial charge on any atom is 0.170 e. The van der Waals surface area contributed by atoms with Crippen LogP contribution in [0, 0.1) is 17.4 Å². The smallest absolute Gasteiger partial charge is 0.170 e. The number of rotatable bonds is 4. The van der Waals surface area contributed by atoms with E-state index >= 15 is 0 Å². The number of nitrogens with zero attached hydrogens (tertiary/aromatic N) is 3. The normalized spacial score (nSPS) is 19.4. The first-order valence-corrected chi connectivity index (χ1v) is 10.3. The summed E-state index contributed by atoms with van der Waals surface area (Å²) in [7, 11) is 0. The Morgan fingerprint density at radius 3 is 2.41 bits per heavy atom. The molecule has 1 aliphatic rings. The lowest BCUT2D eigenvalue weighted by Crippen LogP contribution is -2.29. The second-order valence-corrected chi connectivity index (χ2v) is 8.14. The largest absolute Gasteiger partial charge is 0.362 e. The molecule has 4 heterocycles. The summed E-state index contributed by atoms with van der Waals surface area (Å²) in [5, 5.41) is 4.23. The minimum absolute atomic E-state index is 0.00942. The average molecular weight is 489 g/mol. The van der Waals surface area contributed by atoms with E-state index in [4.69, 9.17) is 12.2 Å². The number of aromatic amines is 1. The van der Waals surface area contributed by atoms with E-state index in [0.717, 1.165) is 16.5 Å².